The Hall–Kier alpha value is -2.08. The van der Waals surface area contributed by atoms with Gasteiger partial charge in [-0.1, -0.05) is 12.1 Å². The first kappa shape index (κ1) is 23.2. The van der Waals surface area contributed by atoms with E-state index in [0.717, 1.165) is 16.0 Å². The molecular formula is C19H24BrIN6O2. The Morgan fingerprint density at radius 2 is 2.10 bits per heavy atom. The summed E-state index contributed by atoms with van der Waals surface area (Å²) in [5.41, 5.74) is 0. The van der Waals surface area contributed by atoms with Crippen LogP contribution in [0.15, 0.2) is 56.5 Å². The molecule has 3 rings (SSSR count). The highest BCUT2D eigenvalue weighted by Gasteiger charge is 2.10. The van der Waals surface area contributed by atoms with Crippen molar-refractivity contribution in [2.75, 3.05) is 20.1 Å². The molecular weight excluding hydrogens is 551 g/mol. The molecule has 0 spiro atoms. The number of rotatable bonds is 8. The van der Waals surface area contributed by atoms with Gasteiger partial charge in [0.25, 0.3) is 0 Å². The number of halogens is 2. The number of furan rings is 1. The molecule has 0 amide bonds. The standard InChI is InChI=1S/C19H23BrN6O2.HI/c1-13(28-15-7-4-3-6-14(15)20)12-23-19(21-2)22-10-9-17-24-18(26-25-17)16-8-5-11-27-16;/h3-8,11,13H,9-10,12H2,1-2H3,(H2,21,22,23)(H,24,25,26);1H. The average molecular weight is 575 g/mol. The van der Waals surface area contributed by atoms with Crippen molar-refractivity contribution in [1.29, 1.82) is 0 Å². The summed E-state index contributed by atoms with van der Waals surface area (Å²) in [4.78, 5) is 8.65. The first-order valence-corrected chi connectivity index (χ1v) is 9.76. The van der Waals surface area contributed by atoms with E-state index in [2.05, 4.69) is 46.7 Å². The third kappa shape index (κ3) is 7.03. The van der Waals surface area contributed by atoms with E-state index in [1.165, 1.54) is 0 Å². The van der Waals surface area contributed by atoms with Crippen molar-refractivity contribution in [3.63, 3.8) is 0 Å². The topological polar surface area (TPSA) is 100 Å². The van der Waals surface area contributed by atoms with Crippen LogP contribution in [-0.2, 0) is 6.42 Å². The Kier molecular flexibility index (Phi) is 9.45. The third-order valence-corrected chi connectivity index (χ3v) is 4.53. The lowest BCUT2D eigenvalue weighted by molar-refractivity contribution is 0.222. The van der Waals surface area contributed by atoms with E-state index >= 15 is 0 Å². The van der Waals surface area contributed by atoms with Crippen LogP contribution in [0, 0.1) is 0 Å². The van der Waals surface area contributed by atoms with E-state index in [-0.39, 0.29) is 30.1 Å². The van der Waals surface area contributed by atoms with Gasteiger partial charge < -0.3 is 19.8 Å². The number of H-pyrrole nitrogens is 1. The van der Waals surface area contributed by atoms with Gasteiger partial charge in [-0.3, -0.25) is 10.1 Å². The zero-order chi connectivity index (χ0) is 19.8. The maximum Gasteiger partial charge on any atom is 0.216 e. The van der Waals surface area contributed by atoms with E-state index in [1.54, 1.807) is 13.3 Å². The van der Waals surface area contributed by atoms with Crippen LogP contribution in [0.25, 0.3) is 11.6 Å². The maximum atomic E-state index is 5.93. The van der Waals surface area contributed by atoms with Gasteiger partial charge in [0.2, 0.25) is 5.82 Å². The smallest absolute Gasteiger partial charge is 0.216 e. The van der Waals surface area contributed by atoms with E-state index in [9.17, 15) is 0 Å². The molecule has 3 N–H and O–H groups in total. The predicted molar refractivity (Wildman–Crippen MR) is 127 cm³/mol. The molecule has 0 aliphatic carbocycles. The molecule has 0 radical (unpaired) electrons. The minimum Gasteiger partial charge on any atom is -0.488 e. The van der Waals surface area contributed by atoms with Crippen LogP contribution >= 0.6 is 39.9 Å². The Bertz CT molecular complexity index is 900. The second kappa shape index (κ2) is 11.8. The summed E-state index contributed by atoms with van der Waals surface area (Å²) in [6.45, 7) is 3.28. The van der Waals surface area contributed by atoms with Gasteiger partial charge in [-0.05, 0) is 47.1 Å². The molecule has 0 saturated heterocycles. The molecule has 0 bridgehead atoms. The van der Waals surface area contributed by atoms with Gasteiger partial charge in [0, 0.05) is 20.0 Å². The van der Waals surface area contributed by atoms with Crippen molar-refractivity contribution in [2.45, 2.75) is 19.4 Å². The lowest BCUT2D eigenvalue weighted by Crippen LogP contribution is -2.42. The molecule has 8 nitrogen and oxygen atoms in total. The van der Waals surface area contributed by atoms with Crippen molar-refractivity contribution in [1.82, 2.24) is 25.8 Å². The molecule has 10 heteroatoms. The van der Waals surface area contributed by atoms with Crippen molar-refractivity contribution < 1.29 is 9.15 Å². The first-order valence-electron chi connectivity index (χ1n) is 8.96. The number of nitrogens with zero attached hydrogens (tertiary/aromatic N) is 3. The summed E-state index contributed by atoms with van der Waals surface area (Å²) >= 11 is 3.49. The molecule has 1 aromatic carbocycles. The summed E-state index contributed by atoms with van der Waals surface area (Å²) in [7, 11) is 1.73. The molecule has 0 saturated carbocycles. The average Bonchev–Trinajstić information content (AvgIpc) is 3.38. The SMILES string of the molecule is CN=C(NCCc1nc(-c2ccco2)n[nH]1)NCC(C)Oc1ccccc1Br.I. The largest absolute Gasteiger partial charge is 0.488 e. The molecule has 2 heterocycles. The maximum absolute atomic E-state index is 5.93. The Balaban J connectivity index is 0.00000300. The van der Waals surface area contributed by atoms with Gasteiger partial charge >= 0.3 is 0 Å². The molecule has 0 aliphatic heterocycles. The summed E-state index contributed by atoms with van der Waals surface area (Å²) in [6.07, 6.45) is 2.25. The van der Waals surface area contributed by atoms with Crippen LogP contribution in [0.5, 0.6) is 5.75 Å². The zero-order valence-electron chi connectivity index (χ0n) is 16.2. The van der Waals surface area contributed by atoms with Crippen molar-refractivity contribution in [3.8, 4) is 17.3 Å². The number of aromatic nitrogens is 3. The van der Waals surface area contributed by atoms with Crippen LogP contribution in [0.1, 0.15) is 12.7 Å². The van der Waals surface area contributed by atoms with Crippen molar-refractivity contribution >= 4 is 45.9 Å². The van der Waals surface area contributed by atoms with Crippen LogP contribution in [0.2, 0.25) is 0 Å². The highest BCUT2D eigenvalue weighted by molar-refractivity contribution is 14.0. The quantitative estimate of drug-likeness (QED) is 0.216. The number of guanidine groups is 1. The zero-order valence-corrected chi connectivity index (χ0v) is 20.1. The van der Waals surface area contributed by atoms with Gasteiger partial charge in [-0.15, -0.1) is 24.0 Å². The molecule has 29 heavy (non-hydrogen) atoms. The van der Waals surface area contributed by atoms with Crippen LogP contribution in [0.4, 0.5) is 0 Å². The third-order valence-electron chi connectivity index (χ3n) is 3.87. The molecule has 0 aliphatic rings. The number of aromatic amines is 1. The highest BCUT2D eigenvalue weighted by Crippen LogP contribution is 2.24. The molecule has 3 aromatic rings. The fraction of sp³-hybridized carbons (Fsp3) is 0.316. The fourth-order valence-corrected chi connectivity index (χ4v) is 2.86. The first-order chi connectivity index (χ1) is 13.7. The van der Waals surface area contributed by atoms with E-state index < -0.39 is 0 Å². The van der Waals surface area contributed by atoms with E-state index in [0.29, 0.717) is 37.1 Å². The predicted octanol–water partition coefficient (Wildman–Crippen LogP) is 3.62. The number of hydrogen-bond acceptors (Lipinski definition) is 5. The van der Waals surface area contributed by atoms with Crippen LogP contribution in [-0.4, -0.2) is 47.4 Å². The van der Waals surface area contributed by atoms with Gasteiger partial charge in [0.15, 0.2) is 11.7 Å². The normalized spacial score (nSPS) is 12.2. The minimum absolute atomic E-state index is 0. The monoisotopic (exact) mass is 574 g/mol. The summed E-state index contributed by atoms with van der Waals surface area (Å²) in [6, 6.07) is 11.4. The van der Waals surface area contributed by atoms with Crippen molar-refractivity contribution in [2.24, 2.45) is 4.99 Å². The molecule has 1 atom stereocenters. The Morgan fingerprint density at radius 3 is 2.83 bits per heavy atom. The van der Waals surface area contributed by atoms with Gasteiger partial charge in [-0.25, -0.2) is 4.98 Å². The lowest BCUT2D eigenvalue weighted by Gasteiger charge is -2.18. The van der Waals surface area contributed by atoms with Crippen LogP contribution < -0.4 is 15.4 Å². The summed E-state index contributed by atoms with van der Waals surface area (Å²) in [5.74, 6) is 3.50. The van der Waals surface area contributed by atoms with Crippen LogP contribution in [0.3, 0.4) is 0 Å². The van der Waals surface area contributed by atoms with E-state index in [4.69, 9.17) is 9.15 Å². The highest BCUT2D eigenvalue weighted by atomic mass is 127. The summed E-state index contributed by atoms with van der Waals surface area (Å²) in [5, 5.41) is 13.6. The molecule has 1 unspecified atom stereocenters. The summed E-state index contributed by atoms with van der Waals surface area (Å²) < 4.78 is 12.2. The fourth-order valence-electron chi connectivity index (χ4n) is 2.48. The molecule has 0 fully saturated rings. The van der Waals surface area contributed by atoms with E-state index in [1.807, 2.05) is 43.3 Å². The second-order valence-electron chi connectivity index (χ2n) is 6.07. The number of aliphatic imine (C=N–C) groups is 1. The number of benzene rings is 1. The van der Waals surface area contributed by atoms with Gasteiger partial charge in [-0.2, -0.15) is 5.10 Å². The lowest BCUT2D eigenvalue weighted by atomic mass is 10.3. The van der Waals surface area contributed by atoms with Gasteiger partial charge in [0.05, 0.1) is 17.3 Å². The number of nitrogens with one attached hydrogen (secondary N) is 3. The van der Waals surface area contributed by atoms with Gasteiger partial charge in [0.1, 0.15) is 17.7 Å². The number of hydrogen-bond donors (Lipinski definition) is 3. The minimum atomic E-state index is -0.0256. The Morgan fingerprint density at radius 1 is 1.28 bits per heavy atom. The number of para-hydroxylation sites is 1. The Labute approximate surface area is 195 Å². The number of ether oxygens (including phenoxy) is 1. The second-order valence-corrected chi connectivity index (χ2v) is 6.93. The van der Waals surface area contributed by atoms with Crippen molar-refractivity contribution in [3.05, 3.63) is 53.0 Å². The molecule has 156 valence electrons. The molecule has 2 aromatic heterocycles.